The van der Waals surface area contributed by atoms with Crippen LogP contribution in [-0.2, 0) is 6.42 Å². The van der Waals surface area contributed by atoms with Gasteiger partial charge >= 0.3 is 0 Å². The first-order valence-electron chi connectivity index (χ1n) is 5.08. The highest BCUT2D eigenvalue weighted by atomic mass is 16.1. The van der Waals surface area contributed by atoms with Crippen molar-refractivity contribution < 1.29 is 0 Å². The molecule has 2 aromatic heterocycles. The molecule has 0 aromatic carbocycles. The maximum absolute atomic E-state index is 11.5. The molecule has 5 heteroatoms. The van der Waals surface area contributed by atoms with Gasteiger partial charge < -0.3 is 10.7 Å². The average Bonchev–Trinajstić information content (AvgIpc) is 2.61. The van der Waals surface area contributed by atoms with Crippen LogP contribution in [0.2, 0.25) is 0 Å². The van der Waals surface area contributed by atoms with Crippen LogP contribution in [0.25, 0.3) is 10.9 Å². The topological polar surface area (TPSA) is 87.6 Å². The van der Waals surface area contributed by atoms with E-state index in [0.29, 0.717) is 5.39 Å². The van der Waals surface area contributed by atoms with Gasteiger partial charge in [0.2, 0.25) is 0 Å². The molecule has 0 atom stereocenters. The SMILES string of the molecule is CCCCc1c[nH]c(=O)c2c(N)n[nH]c12. The fraction of sp³-hybridized carbons (Fsp3) is 0.400. The van der Waals surface area contributed by atoms with Gasteiger partial charge in [-0.25, -0.2) is 0 Å². The number of unbranched alkanes of at least 4 members (excludes halogenated alkanes) is 1. The normalized spacial score (nSPS) is 11.0. The molecule has 0 spiro atoms. The largest absolute Gasteiger partial charge is 0.382 e. The minimum atomic E-state index is -0.184. The Kier molecular flexibility index (Phi) is 2.45. The molecule has 0 aliphatic heterocycles. The molecule has 2 aromatic rings. The summed E-state index contributed by atoms with van der Waals surface area (Å²) in [7, 11) is 0. The average molecular weight is 206 g/mol. The maximum Gasteiger partial charge on any atom is 0.261 e. The summed E-state index contributed by atoms with van der Waals surface area (Å²) >= 11 is 0. The Morgan fingerprint density at radius 1 is 1.53 bits per heavy atom. The van der Waals surface area contributed by atoms with Crippen molar-refractivity contribution in [2.75, 3.05) is 5.73 Å². The number of hydrogen-bond acceptors (Lipinski definition) is 3. The summed E-state index contributed by atoms with van der Waals surface area (Å²) < 4.78 is 0. The Morgan fingerprint density at radius 3 is 3.07 bits per heavy atom. The molecule has 0 fully saturated rings. The summed E-state index contributed by atoms with van der Waals surface area (Å²) in [5, 5.41) is 7.14. The van der Waals surface area contributed by atoms with Crippen molar-refractivity contribution in [1.82, 2.24) is 15.2 Å². The van der Waals surface area contributed by atoms with Gasteiger partial charge in [0.15, 0.2) is 5.82 Å². The number of aromatic nitrogens is 3. The first-order valence-corrected chi connectivity index (χ1v) is 5.08. The molecule has 0 aliphatic carbocycles. The predicted octanol–water partition coefficient (Wildman–Crippen LogP) is 1.18. The Morgan fingerprint density at radius 2 is 2.33 bits per heavy atom. The first-order chi connectivity index (χ1) is 7.24. The van der Waals surface area contributed by atoms with E-state index in [9.17, 15) is 4.79 Å². The molecule has 2 rings (SSSR count). The Labute approximate surface area is 86.7 Å². The minimum absolute atomic E-state index is 0.184. The molecular formula is C10H14N4O. The molecule has 0 radical (unpaired) electrons. The fourth-order valence-electron chi connectivity index (χ4n) is 1.68. The number of hydrogen-bond donors (Lipinski definition) is 3. The highest BCUT2D eigenvalue weighted by Gasteiger charge is 2.10. The summed E-state index contributed by atoms with van der Waals surface area (Å²) in [6.45, 7) is 2.13. The predicted molar refractivity (Wildman–Crippen MR) is 59.7 cm³/mol. The Bertz CT molecular complexity index is 526. The van der Waals surface area contributed by atoms with E-state index in [2.05, 4.69) is 22.1 Å². The lowest BCUT2D eigenvalue weighted by atomic mass is 10.1. The molecular weight excluding hydrogens is 192 g/mol. The highest BCUT2D eigenvalue weighted by molar-refractivity contribution is 5.89. The zero-order chi connectivity index (χ0) is 10.8. The van der Waals surface area contributed by atoms with Crippen LogP contribution in [0.1, 0.15) is 25.3 Å². The number of rotatable bonds is 3. The second-order valence-electron chi connectivity index (χ2n) is 3.61. The van der Waals surface area contributed by atoms with E-state index in [4.69, 9.17) is 5.73 Å². The van der Waals surface area contributed by atoms with Crippen molar-refractivity contribution in [3.63, 3.8) is 0 Å². The van der Waals surface area contributed by atoms with Crippen LogP contribution in [0, 0.1) is 0 Å². The third-order valence-corrected chi connectivity index (χ3v) is 2.52. The van der Waals surface area contributed by atoms with E-state index < -0.39 is 0 Å². The standard InChI is InChI=1S/C10H14N4O/c1-2-3-4-6-5-12-10(15)7-8(6)13-14-9(7)11/h5H,2-4H2,1H3,(H,12,15)(H3,11,13,14). The molecule has 0 saturated carbocycles. The highest BCUT2D eigenvalue weighted by Crippen LogP contribution is 2.17. The molecule has 2 heterocycles. The van der Waals surface area contributed by atoms with Crippen LogP contribution in [0.3, 0.4) is 0 Å². The summed E-state index contributed by atoms with van der Waals surface area (Å²) in [5.74, 6) is 0.268. The van der Waals surface area contributed by atoms with Crippen LogP contribution in [0.5, 0.6) is 0 Å². The van der Waals surface area contributed by atoms with E-state index in [0.717, 1.165) is 30.3 Å². The molecule has 0 bridgehead atoms. The van der Waals surface area contributed by atoms with Crippen LogP contribution in [-0.4, -0.2) is 15.2 Å². The Balaban J connectivity index is 2.57. The summed E-state index contributed by atoms with van der Waals surface area (Å²) in [5.41, 5.74) is 7.26. The summed E-state index contributed by atoms with van der Waals surface area (Å²) in [6.07, 6.45) is 4.85. The van der Waals surface area contributed by atoms with Crippen molar-refractivity contribution >= 4 is 16.7 Å². The van der Waals surface area contributed by atoms with Crippen LogP contribution in [0.4, 0.5) is 5.82 Å². The van der Waals surface area contributed by atoms with Gasteiger partial charge in [-0.2, -0.15) is 5.10 Å². The van der Waals surface area contributed by atoms with Gasteiger partial charge in [-0.15, -0.1) is 0 Å². The van der Waals surface area contributed by atoms with Crippen LogP contribution >= 0.6 is 0 Å². The van der Waals surface area contributed by atoms with E-state index in [1.165, 1.54) is 0 Å². The van der Waals surface area contributed by atoms with Gasteiger partial charge in [0.05, 0.1) is 5.52 Å². The lowest BCUT2D eigenvalue weighted by Crippen LogP contribution is -2.07. The number of nitrogen functional groups attached to an aromatic ring is 1. The smallest absolute Gasteiger partial charge is 0.261 e. The van der Waals surface area contributed by atoms with Crippen molar-refractivity contribution in [3.05, 3.63) is 22.1 Å². The fourth-order valence-corrected chi connectivity index (χ4v) is 1.68. The maximum atomic E-state index is 11.5. The van der Waals surface area contributed by atoms with E-state index >= 15 is 0 Å². The number of pyridine rings is 1. The number of aryl methyl sites for hydroxylation is 1. The monoisotopic (exact) mass is 206 g/mol. The second kappa shape index (κ2) is 3.76. The lowest BCUT2D eigenvalue weighted by Gasteiger charge is -2.00. The van der Waals surface area contributed by atoms with E-state index in [-0.39, 0.29) is 11.4 Å². The third kappa shape index (κ3) is 1.60. The van der Waals surface area contributed by atoms with Gasteiger partial charge in [0.1, 0.15) is 5.39 Å². The van der Waals surface area contributed by atoms with Gasteiger partial charge in [-0.05, 0) is 18.4 Å². The molecule has 4 N–H and O–H groups in total. The van der Waals surface area contributed by atoms with E-state index in [1.807, 2.05) is 0 Å². The van der Waals surface area contributed by atoms with Crippen molar-refractivity contribution in [3.8, 4) is 0 Å². The molecule has 15 heavy (non-hydrogen) atoms. The van der Waals surface area contributed by atoms with Gasteiger partial charge in [0, 0.05) is 6.20 Å². The zero-order valence-corrected chi connectivity index (χ0v) is 8.63. The lowest BCUT2D eigenvalue weighted by molar-refractivity contribution is 0.794. The van der Waals surface area contributed by atoms with Crippen molar-refractivity contribution in [2.45, 2.75) is 26.2 Å². The first kappa shape index (κ1) is 9.76. The molecule has 0 aliphatic rings. The van der Waals surface area contributed by atoms with Gasteiger partial charge in [-0.1, -0.05) is 13.3 Å². The zero-order valence-electron chi connectivity index (χ0n) is 8.63. The van der Waals surface area contributed by atoms with Crippen molar-refractivity contribution in [1.29, 1.82) is 0 Å². The molecule has 0 amide bonds. The summed E-state index contributed by atoms with van der Waals surface area (Å²) in [4.78, 5) is 14.2. The van der Waals surface area contributed by atoms with E-state index in [1.54, 1.807) is 6.20 Å². The number of aromatic amines is 2. The number of anilines is 1. The number of H-pyrrole nitrogens is 2. The number of fused-ring (bicyclic) bond motifs is 1. The quantitative estimate of drug-likeness (QED) is 0.704. The van der Waals surface area contributed by atoms with Gasteiger partial charge in [0.25, 0.3) is 5.56 Å². The molecule has 5 nitrogen and oxygen atoms in total. The third-order valence-electron chi connectivity index (χ3n) is 2.52. The summed E-state index contributed by atoms with van der Waals surface area (Å²) in [6, 6.07) is 0. The van der Waals surface area contributed by atoms with Crippen LogP contribution in [0.15, 0.2) is 11.0 Å². The number of nitrogens with one attached hydrogen (secondary N) is 2. The number of nitrogens with two attached hydrogens (primary N) is 1. The molecule has 0 unspecified atom stereocenters. The second-order valence-corrected chi connectivity index (χ2v) is 3.61. The molecule has 0 saturated heterocycles. The van der Waals surface area contributed by atoms with Crippen LogP contribution < -0.4 is 11.3 Å². The minimum Gasteiger partial charge on any atom is -0.382 e. The molecule has 80 valence electrons. The Hall–Kier alpha value is -1.78. The number of nitrogens with zero attached hydrogens (tertiary/aromatic N) is 1. The van der Waals surface area contributed by atoms with Gasteiger partial charge in [-0.3, -0.25) is 9.89 Å². The van der Waals surface area contributed by atoms with Crippen molar-refractivity contribution in [2.24, 2.45) is 0 Å².